The van der Waals surface area contributed by atoms with E-state index in [-0.39, 0.29) is 216 Å². The summed E-state index contributed by atoms with van der Waals surface area (Å²) >= 11 is 0. The Balaban J connectivity index is 0. The van der Waals surface area contributed by atoms with Crippen LogP contribution in [-0.2, 0) is 14.2 Å². The maximum atomic E-state index is 14.2. The Kier molecular flexibility index (Phi) is 29.7. The molecule has 0 aromatic carbocycles. The van der Waals surface area contributed by atoms with Crippen molar-refractivity contribution in [3.05, 3.63) is 90.5 Å². The van der Waals surface area contributed by atoms with Gasteiger partial charge in [0.05, 0.1) is 38.4 Å². The van der Waals surface area contributed by atoms with E-state index < -0.39 is 120 Å². The minimum Gasteiger partial charge on any atom is -0.392 e. The minimum absolute atomic E-state index is 0. The van der Waals surface area contributed by atoms with Crippen LogP contribution in [0.5, 0.6) is 0 Å². The number of halogens is 3. The molecule has 9 atom stereocenters. The van der Waals surface area contributed by atoms with E-state index >= 15 is 0 Å². The van der Waals surface area contributed by atoms with Crippen LogP contribution in [0.25, 0.3) is 5.82 Å². The summed E-state index contributed by atoms with van der Waals surface area (Å²) in [5, 5.41) is 60.9. The Morgan fingerprint density at radius 2 is 1.07 bits per heavy atom. The number of aliphatic hydroxyl groups excluding tert-OH is 6. The zero-order chi connectivity index (χ0) is 45.0. The number of aromatic amines is 1. The number of aliphatic hydroxyl groups is 6. The first-order valence-corrected chi connectivity index (χ1v) is 17.4. The fraction of sp³-hybridized carbons (Fsp3) is 0.459. The van der Waals surface area contributed by atoms with Gasteiger partial charge in [-0.05, 0) is 0 Å². The zero-order valence-electron chi connectivity index (χ0n) is 33.5. The molecular formula is C37H43Ac4F3N10O13. The standard InChI is InChI=1S/C13H12FN5O4.C11H12FN3O4.C11H11FN2O5.2CH4.4Ac/c1-2-13(5-20)9(21)3-10(23-13)18-4-8(14)11(17-12(18)22)19-7-15-6-16-19;1-2-11(5-16)7(17)3-8(19-11)15-4-6(12)9(13)14-10(15)18;1-2-11(5-15)7(16)3-8(19-11)14-4-6(12)9(17)13-10(14)18;;;;;;/h1,4,6-7,9-10,20-21H,3,5H2;1,4,7-8,16-17H,3,5H2,(H2,13,14,18);1,4,7-8,15-16H,3,5H2,(H,13,17,18);2*1H4;;;;/t9?,10-,13-;2*7?,8-,11-;;;;;;/m111....../s1. The number of nitrogens with two attached hydrogens (primary N) is 1. The molecule has 4 radical (unpaired) electrons. The number of terminal acetylenes is 3. The summed E-state index contributed by atoms with van der Waals surface area (Å²) < 4.78 is 60.1. The summed E-state index contributed by atoms with van der Waals surface area (Å²) in [5.74, 6) is 2.71. The molecule has 67 heavy (non-hydrogen) atoms. The largest absolute Gasteiger partial charge is 0.392 e. The van der Waals surface area contributed by atoms with Crippen molar-refractivity contribution >= 4 is 5.82 Å². The SMILES string of the molecule is C.C.C#C[C@]1(CO)O[C@@H](n2cc(F)c(-n3cncn3)nc2=O)CC1O.C#C[C@]1(CO)O[C@@H](n2cc(F)c(=O)[nH]c2=O)CC1O.C#C[C@]1(CO)O[C@@H](n2cc(F)c(N)nc2=O)CC1O.[Ac].[Ac].[Ac].[Ac]. The van der Waals surface area contributed by atoms with Gasteiger partial charge >= 0.3 is 17.1 Å². The topological polar surface area (TPSA) is 330 Å². The Labute approximate surface area is 522 Å². The summed E-state index contributed by atoms with van der Waals surface area (Å²) in [6.45, 7) is -1.91. The van der Waals surface area contributed by atoms with Gasteiger partial charge < -0.3 is 50.6 Å². The molecule has 3 aliphatic heterocycles. The Hall–Kier alpha value is -0.744. The number of nitrogen functional groups attached to an aromatic ring is 1. The maximum absolute atomic E-state index is 14.2. The van der Waals surface area contributed by atoms with Crippen molar-refractivity contribution in [3.8, 4) is 42.8 Å². The van der Waals surface area contributed by atoms with Crippen LogP contribution in [0.2, 0.25) is 0 Å². The van der Waals surface area contributed by atoms with Gasteiger partial charge in [0.25, 0.3) is 5.56 Å². The molecule has 3 unspecified atom stereocenters. The molecule has 7 rings (SSSR count). The van der Waals surface area contributed by atoms with Gasteiger partial charge in [0.2, 0.25) is 5.82 Å². The Morgan fingerprint density at radius 1 is 0.687 bits per heavy atom. The van der Waals surface area contributed by atoms with Gasteiger partial charge in [-0.2, -0.15) is 24.1 Å². The van der Waals surface area contributed by atoms with Crippen LogP contribution in [0.15, 0.2) is 50.4 Å². The van der Waals surface area contributed by atoms with Gasteiger partial charge in [-0.1, -0.05) is 32.6 Å². The molecule has 4 aromatic rings. The minimum atomic E-state index is -1.64. The molecule has 7 heterocycles. The fourth-order valence-corrected chi connectivity index (χ4v) is 6.18. The van der Waals surface area contributed by atoms with Crippen molar-refractivity contribution < 1.29 is 234 Å². The number of anilines is 1. The number of hydrogen-bond donors (Lipinski definition) is 8. The van der Waals surface area contributed by atoms with Crippen LogP contribution in [0.1, 0.15) is 52.8 Å². The van der Waals surface area contributed by atoms with Crippen molar-refractivity contribution in [1.29, 1.82) is 0 Å². The van der Waals surface area contributed by atoms with E-state index in [0.717, 1.165) is 30.8 Å². The summed E-state index contributed by atoms with van der Waals surface area (Å²) in [6.07, 6.45) is 13.4. The van der Waals surface area contributed by atoms with Gasteiger partial charge in [0.1, 0.15) is 49.7 Å². The molecule has 30 heteroatoms. The first-order chi connectivity index (χ1) is 28.9. The fourth-order valence-electron chi connectivity index (χ4n) is 6.18. The van der Waals surface area contributed by atoms with Crippen LogP contribution >= 0.6 is 0 Å². The van der Waals surface area contributed by atoms with E-state index in [1.54, 1.807) is 4.98 Å². The molecule has 3 saturated heterocycles. The number of nitrogens with one attached hydrogen (secondary N) is 1. The second-order valence-electron chi connectivity index (χ2n) is 13.3. The molecule has 0 bridgehead atoms. The molecule has 4 aromatic heterocycles. The predicted molar refractivity (Wildman–Crippen MR) is 209 cm³/mol. The summed E-state index contributed by atoms with van der Waals surface area (Å²) in [5.41, 5.74) is -3.42. The number of aromatic nitrogens is 9. The van der Waals surface area contributed by atoms with Gasteiger partial charge in [0.15, 0.2) is 40.1 Å². The third-order valence-electron chi connectivity index (χ3n) is 9.68. The van der Waals surface area contributed by atoms with E-state index in [2.05, 4.69) is 37.8 Å². The first-order valence-electron chi connectivity index (χ1n) is 17.4. The van der Waals surface area contributed by atoms with E-state index in [1.165, 1.54) is 12.7 Å². The molecule has 3 aliphatic rings. The number of hydrogen-bond acceptors (Lipinski definition) is 18. The van der Waals surface area contributed by atoms with E-state index in [4.69, 9.17) is 39.2 Å². The number of H-pyrrole nitrogens is 1. The number of ether oxygens (including phenoxy) is 3. The molecule has 0 amide bonds. The molecule has 23 nitrogen and oxygen atoms in total. The maximum Gasteiger partial charge on any atom is 0.351 e. The van der Waals surface area contributed by atoms with E-state index in [0.29, 0.717) is 6.20 Å². The smallest absolute Gasteiger partial charge is 0.351 e. The molecule has 9 N–H and O–H groups in total. The van der Waals surface area contributed by atoms with Gasteiger partial charge in [-0.25, -0.2) is 28.1 Å². The quantitative estimate of drug-likeness (QED) is 0.0846. The van der Waals surface area contributed by atoms with Crippen LogP contribution in [-0.4, -0.2) is 129 Å². The van der Waals surface area contributed by atoms with Crippen molar-refractivity contribution in [2.75, 3.05) is 25.6 Å². The van der Waals surface area contributed by atoms with Crippen LogP contribution in [0.4, 0.5) is 19.0 Å². The van der Waals surface area contributed by atoms with E-state index in [1.807, 2.05) is 0 Å². The Morgan fingerprint density at radius 3 is 1.45 bits per heavy atom. The summed E-state index contributed by atoms with van der Waals surface area (Å²) in [4.78, 5) is 58.5. The second kappa shape index (κ2) is 29.1. The van der Waals surface area contributed by atoms with Crippen molar-refractivity contribution in [2.45, 2.75) is 87.9 Å². The molecule has 352 valence electrons. The van der Waals surface area contributed by atoms with Gasteiger partial charge in [0, 0.05) is 196 Å². The molecule has 3 fully saturated rings. The van der Waals surface area contributed by atoms with Gasteiger partial charge in [-0.3, -0.25) is 23.5 Å². The molecule has 0 saturated carbocycles. The van der Waals surface area contributed by atoms with Crippen molar-refractivity contribution in [1.82, 2.24) is 43.4 Å². The second-order valence-corrected chi connectivity index (χ2v) is 13.3. The van der Waals surface area contributed by atoms with Crippen LogP contribution in [0, 0.1) is 231 Å². The third-order valence-corrected chi connectivity index (χ3v) is 9.68. The number of rotatable bonds is 7. The molecule has 0 spiro atoms. The van der Waals surface area contributed by atoms with Crippen LogP contribution in [0.3, 0.4) is 0 Å². The average molecular weight is 1800 g/mol. The van der Waals surface area contributed by atoms with Crippen LogP contribution < -0.4 is 28.4 Å². The monoisotopic (exact) mass is 1800 g/mol. The molecular weight excluding hydrogens is 1760 g/mol. The number of nitrogens with zero attached hydrogens (tertiary/aromatic N) is 8. The summed E-state index contributed by atoms with van der Waals surface area (Å²) in [7, 11) is 0. The first kappa shape index (κ1) is 68.3. The zero-order valence-corrected chi connectivity index (χ0v) is 52.4. The normalized spacial score (nSPS) is 26.4. The Bertz CT molecular complexity index is 2640. The predicted octanol–water partition coefficient (Wildman–Crippen LogP) is -3.19. The van der Waals surface area contributed by atoms with E-state index in [9.17, 15) is 63.0 Å². The van der Waals surface area contributed by atoms with Crippen molar-refractivity contribution in [3.63, 3.8) is 0 Å². The average Bonchev–Trinajstić information content (AvgIpc) is 4.04. The summed E-state index contributed by atoms with van der Waals surface area (Å²) in [6, 6.07) is 0. The van der Waals surface area contributed by atoms with Gasteiger partial charge in [-0.15, -0.1) is 19.3 Å². The van der Waals surface area contributed by atoms with Crippen molar-refractivity contribution in [2.24, 2.45) is 0 Å². The third kappa shape index (κ3) is 14.7. The molecule has 0 aliphatic carbocycles.